The van der Waals surface area contributed by atoms with Crippen molar-refractivity contribution in [1.82, 2.24) is 4.90 Å². The van der Waals surface area contributed by atoms with E-state index in [1.54, 1.807) is 24.3 Å². The lowest BCUT2D eigenvalue weighted by molar-refractivity contribution is 0.103. The fraction of sp³-hybridized carbons (Fsp3) is 0.222. The van der Waals surface area contributed by atoms with E-state index in [2.05, 4.69) is 17.0 Å². The lowest BCUT2D eigenvalue weighted by atomic mass is 9.99. The number of hydrogen-bond donors (Lipinski definition) is 0. The molecular formula is C18H16N2O. The highest BCUT2D eigenvalue weighted by Gasteiger charge is 2.15. The molecule has 0 aliphatic carbocycles. The predicted molar refractivity (Wildman–Crippen MR) is 80.9 cm³/mol. The van der Waals surface area contributed by atoms with Crippen LogP contribution in [-0.2, 0) is 6.54 Å². The minimum Gasteiger partial charge on any atom is -0.299 e. The highest BCUT2D eigenvalue weighted by molar-refractivity contribution is 6.09. The number of hydrogen-bond acceptors (Lipinski definition) is 3. The number of nitrogens with zero attached hydrogens (tertiary/aromatic N) is 2. The molecule has 104 valence electrons. The molecular weight excluding hydrogens is 260 g/mol. The van der Waals surface area contributed by atoms with Crippen LogP contribution < -0.4 is 0 Å². The maximum Gasteiger partial charge on any atom is 0.193 e. The van der Waals surface area contributed by atoms with Gasteiger partial charge in [-0.05, 0) is 43.3 Å². The molecule has 0 radical (unpaired) electrons. The lowest BCUT2D eigenvalue weighted by Gasteiger charge is -2.30. The second kappa shape index (κ2) is 5.90. The Hall–Kier alpha value is -2.44. The summed E-state index contributed by atoms with van der Waals surface area (Å²) in [5.74, 6) is -0.0300. The van der Waals surface area contributed by atoms with Gasteiger partial charge in [-0.3, -0.25) is 9.69 Å². The first kappa shape index (κ1) is 13.5. The number of nitriles is 1. The van der Waals surface area contributed by atoms with Gasteiger partial charge in [0.15, 0.2) is 5.78 Å². The molecule has 0 bridgehead atoms. The smallest absolute Gasteiger partial charge is 0.193 e. The topological polar surface area (TPSA) is 44.1 Å². The van der Waals surface area contributed by atoms with Gasteiger partial charge in [-0.1, -0.05) is 30.3 Å². The van der Waals surface area contributed by atoms with Crippen LogP contribution in [0.4, 0.5) is 0 Å². The number of ketones is 1. The van der Waals surface area contributed by atoms with Gasteiger partial charge >= 0.3 is 0 Å². The van der Waals surface area contributed by atoms with E-state index in [-0.39, 0.29) is 5.78 Å². The van der Waals surface area contributed by atoms with Crippen molar-refractivity contribution < 1.29 is 4.79 Å². The molecule has 1 saturated heterocycles. The van der Waals surface area contributed by atoms with Gasteiger partial charge in [0.1, 0.15) is 0 Å². The Bertz CT molecular complexity index is 711. The van der Waals surface area contributed by atoms with E-state index < -0.39 is 0 Å². The van der Waals surface area contributed by atoms with Crippen molar-refractivity contribution in [2.45, 2.75) is 13.0 Å². The zero-order chi connectivity index (χ0) is 14.7. The van der Waals surface area contributed by atoms with Gasteiger partial charge in [0.25, 0.3) is 0 Å². The van der Waals surface area contributed by atoms with Crippen LogP contribution >= 0.6 is 0 Å². The summed E-state index contributed by atoms with van der Waals surface area (Å²) in [5.41, 5.74) is 2.92. The monoisotopic (exact) mass is 276 g/mol. The molecule has 3 nitrogen and oxygen atoms in total. The van der Waals surface area contributed by atoms with E-state index in [4.69, 9.17) is 5.26 Å². The van der Waals surface area contributed by atoms with Crippen LogP contribution in [0.2, 0.25) is 0 Å². The normalized spacial score (nSPS) is 14.2. The Morgan fingerprint density at radius 2 is 1.81 bits per heavy atom. The van der Waals surface area contributed by atoms with E-state index in [0.717, 1.165) is 25.2 Å². The first-order valence-electron chi connectivity index (χ1n) is 7.12. The quantitative estimate of drug-likeness (QED) is 0.806. The molecule has 3 rings (SSSR count). The molecule has 1 fully saturated rings. The summed E-state index contributed by atoms with van der Waals surface area (Å²) in [5, 5.41) is 8.92. The third kappa shape index (κ3) is 3.01. The van der Waals surface area contributed by atoms with Crippen molar-refractivity contribution >= 4 is 5.78 Å². The van der Waals surface area contributed by atoms with Crippen LogP contribution in [0.5, 0.6) is 0 Å². The maximum atomic E-state index is 12.5. The maximum absolute atomic E-state index is 12.5. The molecule has 0 N–H and O–H groups in total. The van der Waals surface area contributed by atoms with E-state index in [1.165, 1.54) is 6.42 Å². The summed E-state index contributed by atoms with van der Waals surface area (Å²) in [6.07, 6.45) is 1.26. The zero-order valence-corrected chi connectivity index (χ0v) is 11.7. The third-order valence-corrected chi connectivity index (χ3v) is 3.80. The summed E-state index contributed by atoms with van der Waals surface area (Å²) < 4.78 is 0. The fourth-order valence-corrected chi connectivity index (χ4v) is 2.51. The molecule has 0 aromatic heterocycles. The highest BCUT2D eigenvalue weighted by atomic mass is 16.1. The van der Waals surface area contributed by atoms with Gasteiger partial charge < -0.3 is 0 Å². The van der Waals surface area contributed by atoms with Gasteiger partial charge in [-0.15, -0.1) is 0 Å². The molecule has 1 heterocycles. The van der Waals surface area contributed by atoms with Crippen LogP contribution in [0.15, 0.2) is 48.5 Å². The average molecular weight is 276 g/mol. The first-order chi connectivity index (χ1) is 10.3. The van der Waals surface area contributed by atoms with Crippen molar-refractivity contribution in [1.29, 1.82) is 5.26 Å². The summed E-state index contributed by atoms with van der Waals surface area (Å²) in [4.78, 5) is 14.9. The Morgan fingerprint density at radius 1 is 1.10 bits per heavy atom. The van der Waals surface area contributed by atoms with E-state index in [1.807, 2.05) is 18.2 Å². The lowest BCUT2D eigenvalue weighted by Crippen LogP contribution is -2.36. The number of benzene rings is 2. The standard InChI is InChI=1S/C18H16N2O/c19-12-14-4-1-6-16(10-14)18(21)17-7-2-5-15(11-17)13-20-8-3-9-20/h1-2,4-7,10-11H,3,8-9,13H2. The van der Waals surface area contributed by atoms with Crippen LogP contribution in [0.25, 0.3) is 0 Å². The summed E-state index contributed by atoms with van der Waals surface area (Å²) >= 11 is 0. The summed E-state index contributed by atoms with van der Waals surface area (Å²) in [6.45, 7) is 3.18. The molecule has 0 unspecified atom stereocenters. The Labute approximate surface area is 124 Å². The summed E-state index contributed by atoms with van der Waals surface area (Å²) in [7, 11) is 0. The SMILES string of the molecule is N#Cc1cccc(C(=O)c2cccc(CN3CCC3)c2)c1. The van der Waals surface area contributed by atoms with E-state index in [0.29, 0.717) is 16.7 Å². The van der Waals surface area contributed by atoms with Crippen LogP contribution in [0, 0.1) is 11.3 Å². The minimum atomic E-state index is -0.0300. The molecule has 2 aromatic rings. The molecule has 1 aliphatic heterocycles. The molecule has 0 saturated carbocycles. The van der Waals surface area contributed by atoms with Gasteiger partial charge in [0.2, 0.25) is 0 Å². The van der Waals surface area contributed by atoms with E-state index >= 15 is 0 Å². The Kier molecular flexibility index (Phi) is 3.81. The van der Waals surface area contributed by atoms with Gasteiger partial charge in [-0.25, -0.2) is 0 Å². The molecule has 2 aromatic carbocycles. The second-order valence-corrected chi connectivity index (χ2v) is 5.35. The number of carbonyl (C=O) groups is 1. The van der Waals surface area contributed by atoms with Crippen LogP contribution in [0.3, 0.4) is 0 Å². The van der Waals surface area contributed by atoms with Crippen molar-refractivity contribution in [3.8, 4) is 6.07 Å². The van der Waals surface area contributed by atoms with Crippen LogP contribution in [0.1, 0.15) is 33.5 Å². The van der Waals surface area contributed by atoms with Crippen molar-refractivity contribution in [3.05, 3.63) is 70.8 Å². The Morgan fingerprint density at radius 3 is 2.48 bits per heavy atom. The molecule has 0 amide bonds. The third-order valence-electron chi connectivity index (χ3n) is 3.80. The van der Waals surface area contributed by atoms with Crippen LogP contribution in [-0.4, -0.2) is 23.8 Å². The van der Waals surface area contributed by atoms with Crippen molar-refractivity contribution in [2.24, 2.45) is 0 Å². The van der Waals surface area contributed by atoms with Gasteiger partial charge in [0, 0.05) is 17.7 Å². The second-order valence-electron chi connectivity index (χ2n) is 5.35. The number of rotatable bonds is 4. The fourth-order valence-electron chi connectivity index (χ4n) is 2.51. The minimum absolute atomic E-state index is 0.0300. The average Bonchev–Trinajstić information content (AvgIpc) is 2.50. The predicted octanol–water partition coefficient (Wildman–Crippen LogP) is 2.99. The van der Waals surface area contributed by atoms with Crippen molar-refractivity contribution in [2.75, 3.05) is 13.1 Å². The molecule has 0 atom stereocenters. The Balaban J connectivity index is 1.83. The molecule has 1 aliphatic rings. The largest absolute Gasteiger partial charge is 0.299 e. The van der Waals surface area contributed by atoms with Gasteiger partial charge in [0.05, 0.1) is 11.6 Å². The molecule has 21 heavy (non-hydrogen) atoms. The molecule has 0 spiro atoms. The van der Waals surface area contributed by atoms with Crippen molar-refractivity contribution in [3.63, 3.8) is 0 Å². The van der Waals surface area contributed by atoms with Gasteiger partial charge in [-0.2, -0.15) is 5.26 Å². The zero-order valence-electron chi connectivity index (χ0n) is 11.7. The molecule has 3 heteroatoms. The number of likely N-dealkylation sites (tertiary alicyclic amines) is 1. The van der Waals surface area contributed by atoms with E-state index in [9.17, 15) is 4.79 Å². The highest BCUT2D eigenvalue weighted by Crippen LogP contribution is 2.16. The number of carbonyl (C=O) groups excluding carboxylic acids is 1. The first-order valence-corrected chi connectivity index (χ1v) is 7.12. The summed E-state index contributed by atoms with van der Waals surface area (Å²) in [6, 6.07) is 16.7.